The average molecular weight is 398 g/mol. The van der Waals surface area contributed by atoms with Crippen LogP contribution < -0.4 is 16.4 Å². The zero-order valence-corrected chi connectivity index (χ0v) is 15.0. The van der Waals surface area contributed by atoms with E-state index in [9.17, 15) is 24.6 Å². The summed E-state index contributed by atoms with van der Waals surface area (Å²) >= 11 is 1.12. The fraction of sp³-hybridized carbons (Fsp3) is 0.333. The van der Waals surface area contributed by atoms with Gasteiger partial charge in [0.1, 0.15) is 18.2 Å². The van der Waals surface area contributed by atoms with Crippen LogP contribution in [0.5, 0.6) is 0 Å². The molecular formula is C15H18N4O7S. The third kappa shape index (κ3) is 4.80. The zero-order valence-electron chi connectivity index (χ0n) is 14.2. The number of oxime groups is 1. The van der Waals surface area contributed by atoms with Gasteiger partial charge in [-0.1, -0.05) is 5.16 Å². The molecule has 1 aliphatic rings. The summed E-state index contributed by atoms with van der Waals surface area (Å²) in [7, 11) is 1.22. The topological polar surface area (TPSA) is 176 Å². The first-order valence-corrected chi connectivity index (χ1v) is 8.66. The molecule has 0 radical (unpaired) electrons. The van der Waals surface area contributed by atoms with Crippen molar-refractivity contribution in [1.29, 1.82) is 0 Å². The summed E-state index contributed by atoms with van der Waals surface area (Å²) < 4.78 is 5.10. The van der Waals surface area contributed by atoms with E-state index in [0.29, 0.717) is 5.57 Å². The third-order valence-electron chi connectivity index (χ3n) is 3.55. The lowest BCUT2D eigenvalue weighted by molar-refractivity contribution is -0.141. The first-order valence-electron chi connectivity index (χ1n) is 7.61. The predicted octanol–water partition coefficient (Wildman–Crippen LogP) is -0.841. The van der Waals surface area contributed by atoms with Gasteiger partial charge in [0.2, 0.25) is 5.71 Å². The number of amides is 1. The summed E-state index contributed by atoms with van der Waals surface area (Å²) in [5.41, 5.74) is 5.54. The molecule has 0 saturated carbocycles. The Bertz CT molecular complexity index is 775. The van der Waals surface area contributed by atoms with Gasteiger partial charge in [0.05, 0.1) is 6.26 Å². The number of aliphatic carboxylic acids is 2. The van der Waals surface area contributed by atoms with E-state index in [1.165, 1.54) is 25.5 Å². The second-order valence-electron chi connectivity index (χ2n) is 5.25. The second kappa shape index (κ2) is 9.09. The molecule has 2 rings (SSSR count). The molecule has 0 unspecified atom stereocenters. The number of nitrogens with one attached hydrogen (secondary N) is 2. The molecule has 0 bridgehead atoms. The zero-order chi connectivity index (χ0) is 20.0. The first kappa shape index (κ1) is 20.3. The molecule has 0 aliphatic carbocycles. The van der Waals surface area contributed by atoms with Crippen LogP contribution in [0.3, 0.4) is 0 Å². The van der Waals surface area contributed by atoms with Crippen LogP contribution in [0.1, 0.15) is 5.76 Å². The number of hydrogen-bond donors (Lipinski definition) is 5. The van der Waals surface area contributed by atoms with Crippen LogP contribution in [-0.2, 0) is 19.2 Å². The SMILES string of the molecule is CO/N=C(\C(=O)N[C@@H](C(=O)O)[C@H]1NC(C(=O)O)=C(CN)CS1)c1ccco1. The van der Waals surface area contributed by atoms with Gasteiger partial charge in [-0.2, -0.15) is 0 Å². The number of carbonyl (C=O) groups is 3. The summed E-state index contributed by atoms with van der Waals surface area (Å²) in [4.78, 5) is 40.2. The van der Waals surface area contributed by atoms with E-state index in [1.54, 1.807) is 0 Å². The molecule has 12 heteroatoms. The minimum atomic E-state index is -1.45. The highest BCUT2D eigenvalue weighted by atomic mass is 32.2. The monoisotopic (exact) mass is 398 g/mol. The van der Waals surface area contributed by atoms with Crippen molar-refractivity contribution in [2.75, 3.05) is 19.4 Å². The molecule has 0 spiro atoms. The molecule has 1 aromatic rings. The summed E-state index contributed by atoms with van der Waals surface area (Å²) in [6.07, 6.45) is 1.32. The number of hydrogen-bond acceptors (Lipinski definition) is 9. The van der Waals surface area contributed by atoms with Crippen LogP contribution in [0, 0.1) is 0 Å². The number of rotatable bonds is 8. The number of furan rings is 1. The Labute approximate surface area is 157 Å². The van der Waals surface area contributed by atoms with Gasteiger partial charge in [0.15, 0.2) is 11.8 Å². The normalized spacial score (nSPS) is 18.4. The number of carboxylic acid groups (broad SMARTS) is 2. The molecule has 146 valence electrons. The highest BCUT2D eigenvalue weighted by molar-refractivity contribution is 8.00. The molecule has 6 N–H and O–H groups in total. The smallest absolute Gasteiger partial charge is 0.352 e. The van der Waals surface area contributed by atoms with Crippen LogP contribution in [0.4, 0.5) is 0 Å². The standard InChI is InChI=1S/C15H18N4O7S/c1-25-19-10(8-3-2-4-26-8)12(20)17-11(15(23)24)13-18-9(14(21)22)7(5-16)6-27-13/h2-4,11,13,18H,5-6,16H2,1H3,(H,17,20)(H,21,22)(H,23,24)/b19-10-/t11-,13+/m1/s1. The maximum atomic E-state index is 12.5. The van der Waals surface area contributed by atoms with Crippen molar-refractivity contribution in [3.8, 4) is 0 Å². The van der Waals surface area contributed by atoms with Gasteiger partial charge in [-0.3, -0.25) is 4.79 Å². The lowest BCUT2D eigenvalue weighted by Gasteiger charge is -2.31. The third-order valence-corrected chi connectivity index (χ3v) is 4.81. The molecule has 2 heterocycles. The molecule has 0 aromatic carbocycles. The van der Waals surface area contributed by atoms with Crippen molar-refractivity contribution in [2.24, 2.45) is 10.9 Å². The number of nitrogens with zero attached hydrogens (tertiary/aromatic N) is 1. The molecule has 11 nitrogen and oxygen atoms in total. The Hall–Kier alpha value is -2.99. The van der Waals surface area contributed by atoms with E-state index in [-0.39, 0.29) is 29.5 Å². The summed E-state index contributed by atoms with van der Waals surface area (Å²) in [5.74, 6) is -3.17. The summed E-state index contributed by atoms with van der Waals surface area (Å²) in [6.45, 7) is 0.0155. The van der Waals surface area contributed by atoms with Crippen LogP contribution in [-0.4, -0.2) is 64.6 Å². The molecule has 0 saturated heterocycles. The molecule has 27 heavy (non-hydrogen) atoms. The summed E-state index contributed by atoms with van der Waals surface area (Å²) in [6, 6.07) is 1.53. The van der Waals surface area contributed by atoms with Crippen molar-refractivity contribution >= 4 is 35.3 Å². The Balaban J connectivity index is 2.22. The number of carbonyl (C=O) groups excluding carboxylic acids is 1. The Morgan fingerprint density at radius 2 is 2.26 bits per heavy atom. The van der Waals surface area contributed by atoms with Crippen LogP contribution in [0.2, 0.25) is 0 Å². The Morgan fingerprint density at radius 1 is 1.52 bits per heavy atom. The van der Waals surface area contributed by atoms with E-state index in [1.807, 2.05) is 0 Å². The maximum Gasteiger partial charge on any atom is 0.352 e. The van der Waals surface area contributed by atoms with Crippen molar-refractivity contribution in [3.63, 3.8) is 0 Å². The molecular weight excluding hydrogens is 380 g/mol. The van der Waals surface area contributed by atoms with Crippen molar-refractivity contribution < 1.29 is 33.9 Å². The molecule has 0 fully saturated rings. The fourth-order valence-corrected chi connectivity index (χ4v) is 3.50. The summed E-state index contributed by atoms with van der Waals surface area (Å²) in [5, 5.41) is 26.3. The average Bonchev–Trinajstić information content (AvgIpc) is 3.17. The Morgan fingerprint density at radius 3 is 2.78 bits per heavy atom. The number of thioether (sulfide) groups is 1. The molecule has 1 aliphatic heterocycles. The lowest BCUT2D eigenvalue weighted by atomic mass is 10.2. The van der Waals surface area contributed by atoms with E-state index >= 15 is 0 Å². The largest absolute Gasteiger partial charge is 0.480 e. The number of nitrogens with two attached hydrogens (primary N) is 1. The predicted molar refractivity (Wildman–Crippen MR) is 94.9 cm³/mol. The van der Waals surface area contributed by atoms with Gasteiger partial charge in [0.25, 0.3) is 5.91 Å². The van der Waals surface area contributed by atoms with Crippen LogP contribution in [0.25, 0.3) is 0 Å². The van der Waals surface area contributed by atoms with Crippen LogP contribution in [0.15, 0.2) is 39.2 Å². The van der Waals surface area contributed by atoms with E-state index in [0.717, 1.165) is 11.8 Å². The van der Waals surface area contributed by atoms with Crippen molar-refractivity contribution in [3.05, 3.63) is 35.4 Å². The van der Waals surface area contributed by atoms with Gasteiger partial charge >= 0.3 is 11.9 Å². The number of carboxylic acids is 2. The molecule has 1 aromatic heterocycles. The van der Waals surface area contributed by atoms with E-state index in [2.05, 4.69) is 20.6 Å². The minimum Gasteiger partial charge on any atom is -0.480 e. The fourth-order valence-electron chi connectivity index (χ4n) is 2.28. The highest BCUT2D eigenvalue weighted by Gasteiger charge is 2.36. The highest BCUT2D eigenvalue weighted by Crippen LogP contribution is 2.24. The van der Waals surface area contributed by atoms with Gasteiger partial charge in [-0.15, -0.1) is 11.8 Å². The van der Waals surface area contributed by atoms with Crippen molar-refractivity contribution in [2.45, 2.75) is 11.4 Å². The van der Waals surface area contributed by atoms with E-state index < -0.39 is 29.3 Å². The lowest BCUT2D eigenvalue weighted by Crippen LogP contribution is -2.56. The van der Waals surface area contributed by atoms with Crippen LogP contribution >= 0.6 is 11.8 Å². The first-order chi connectivity index (χ1) is 12.9. The second-order valence-corrected chi connectivity index (χ2v) is 6.38. The quantitative estimate of drug-likeness (QED) is 0.274. The Kier molecular flexibility index (Phi) is 6.85. The minimum absolute atomic E-state index is 0.0155. The van der Waals surface area contributed by atoms with Gasteiger partial charge in [-0.25, -0.2) is 9.59 Å². The maximum absolute atomic E-state index is 12.5. The van der Waals surface area contributed by atoms with Gasteiger partial charge < -0.3 is 35.8 Å². The molecule has 1 amide bonds. The van der Waals surface area contributed by atoms with Crippen molar-refractivity contribution in [1.82, 2.24) is 10.6 Å². The van der Waals surface area contributed by atoms with Gasteiger partial charge in [-0.05, 0) is 17.7 Å². The van der Waals surface area contributed by atoms with E-state index in [4.69, 9.17) is 10.2 Å². The van der Waals surface area contributed by atoms with Gasteiger partial charge in [0, 0.05) is 12.3 Å². The molecule has 2 atom stereocenters.